The maximum atomic E-state index is 9.44. The Labute approximate surface area is 167 Å². The highest BCUT2D eigenvalue weighted by atomic mass is 32.1. The molecule has 3 rings (SSSR count). The molecule has 1 aromatic carbocycles. The van der Waals surface area contributed by atoms with Gasteiger partial charge in [0.15, 0.2) is 0 Å². The van der Waals surface area contributed by atoms with Crippen molar-refractivity contribution in [1.82, 2.24) is 0 Å². The summed E-state index contributed by atoms with van der Waals surface area (Å²) >= 11 is 1.85. The maximum absolute atomic E-state index is 9.44. The molecule has 4 heteroatoms. The van der Waals surface area contributed by atoms with Crippen LogP contribution < -0.4 is 5.73 Å². The molecule has 1 heterocycles. The highest BCUT2D eigenvalue weighted by molar-refractivity contribution is 7.17. The van der Waals surface area contributed by atoms with Crippen LogP contribution in [0.1, 0.15) is 69.4 Å². The minimum absolute atomic E-state index is 0.135. The molecule has 1 aromatic heterocycles. The summed E-state index contributed by atoms with van der Waals surface area (Å²) in [7, 11) is 0. The second kappa shape index (κ2) is 10.6. The first-order chi connectivity index (χ1) is 13.1. The molecule has 1 saturated carbocycles. The first-order valence-corrected chi connectivity index (χ1v) is 11.6. The third kappa shape index (κ3) is 6.28. The molecule has 3 N–H and O–H groups in total. The van der Waals surface area contributed by atoms with Crippen molar-refractivity contribution < 1.29 is 9.84 Å². The van der Waals surface area contributed by atoms with Gasteiger partial charge in [-0.25, -0.2) is 0 Å². The van der Waals surface area contributed by atoms with Crippen LogP contribution in [0.2, 0.25) is 0 Å². The Kier molecular flexibility index (Phi) is 8.13. The first-order valence-electron chi connectivity index (χ1n) is 10.7. The van der Waals surface area contributed by atoms with E-state index in [1.54, 1.807) is 0 Å². The molecule has 0 radical (unpaired) electrons. The molecule has 0 amide bonds. The number of hydrogen-bond acceptors (Lipinski definition) is 4. The molecule has 150 valence electrons. The smallest absolute Gasteiger partial charge is 0.105 e. The van der Waals surface area contributed by atoms with Crippen molar-refractivity contribution >= 4 is 21.4 Å². The lowest BCUT2D eigenvalue weighted by Crippen LogP contribution is -2.27. The van der Waals surface area contributed by atoms with Crippen LogP contribution >= 0.6 is 11.3 Å². The quantitative estimate of drug-likeness (QED) is 0.421. The van der Waals surface area contributed by atoms with Gasteiger partial charge in [-0.15, -0.1) is 11.3 Å². The Hall–Kier alpha value is -0.940. The maximum Gasteiger partial charge on any atom is 0.105 e. The molecule has 2 aromatic rings. The third-order valence-corrected chi connectivity index (χ3v) is 6.93. The lowest BCUT2D eigenvalue weighted by molar-refractivity contribution is 0.0265. The van der Waals surface area contributed by atoms with Crippen LogP contribution in [0.4, 0.5) is 0 Å². The summed E-state index contributed by atoms with van der Waals surface area (Å²) in [5.74, 6) is 0.135. The van der Waals surface area contributed by atoms with E-state index in [9.17, 15) is 5.11 Å². The minimum Gasteiger partial charge on any atom is -0.379 e. The van der Waals surface area contributed by atoms with Gasteiger partial charge in [0.1, 0.15) is 6.23 Å². The first kappa shape index (κ1) is 20.8. The Morgan fingerprint density at radius 1 is 1.19 bits per heavy atom. The average Bonchev–Trinajstić information content (AvgIpc) is 3.09. The average molecular weight is 390 g/mol. The summed E-state index contributed by atoms with van der Waals surface area (Å²) in [4.78, 5) is 0. The normalized spacial score (nSPS) is 18.0. The van der Waals surface area contributed by atoms with E-state index in [2.05, 4.69) is 23.6 Å². The van der Waals surface area contributed by atoms with Gasteiger partial charge in [0.25, 0.3) is 0 Å². The zero-order valence-corrected chi connectivity index (χ0v) is 17.5. The van der Waals surface area contributed by atoms with Crippen molar-refractivity contribution in [2.75, 3.05) is 6.61 Å². The van der Waals surface area contributed by atoms with Crippen molar-refractivity contribution in [3.05, 3.63) is 34.7 Å². The van der Waals surface area contributed by atoms with Crippen molar-refractivity contribution in [2.24, 2.45) is 11.7 Å². The number of hydrogen-bond donors (Lipinski definition) is 2. The van der Waals surface area contributed by atoms with Gasteiger partial charge in [-0.3, -0.25) is 0 Å². The molecule has 1 aliphatic rings. The van der Waals surface area contributed by atoms with E-state index in [0.29, 0.717) is 6.10 Å². The number of aryl methyl sites for hydroxylation is 2. The van der Waals surface area contributed by atoms with Crippen LogP contribution in [-0.2, 0) is 17.6 Å². The molecule has 2 atom stereocenters. The zero-order chi connectivity index (χ0) is 19.1. The summed E-state index contributed by atoms with van der Waals surface area (Å²) in [6, 6.07) is 6.82. The number of fused-ring (bicyclic) bond motifs is 1. The van der Waals surface area contributed by atoms with Gasteiger partial charge in [-0.1, -0.05) is 38.3 Å². The van der Waals surface area contributed by atoms with Gasteiger partial charge in [0.2, 0.25) is 0 Å². The molecular formula is C23H35NO2S. The van der Waals surface area contributed by atoms with Crippen molar-refractivity contribution in [1.29, 1.82) is 0 Å². The number of nitrogens with two attached hydrogens (primary N) is 1. The monoisotopic (exact) mass is 389 g/mol. The summed E-state index contributed by atoms with van der Waals surface area (Å²) in [5, 5.41) is 13.2. The Morgan fingerprint density at radius 2 is 2.00 bits per heavy atom. The number of benzene rings is 1. The van der Waals surface area contributed by atoms with E-state index in [0.717, 1.165) is 32.3 Å². The van der Waals surface area contributed by atoms with Crippen molar-refractivity contribution in [3.8, 4) is 0 Å². The number of rotatable bonds is 10. The molecule has 27 heavy (non-hydrogen) atoms. The van der Waals surface area contributed by atoms with Crippen LogP contribution in [0.25, 0.3) is 10.1 Å². The summed E-state index contributed by atoms with van der Waals surface area (Å²) in [6.45, 7) is 2.92. The fraction of sp³-hybridized carbons (Fsp3) is 0.652. The van der Waals surface area contributed by atoms with Crippen LogP contribution in [0, 0.1) is 5.92 Å². The lowest BCUT2D eigenvalue weighted by Gasteiger charge is -2.21. The highest BCUT2D eigenvalue weighted by Gasteiger charge is 2.13. The fourth-order valence-corrected chi connectivity index (χ4v) is 5.00. The summed E-state index contributed by atoms with van der Waals surface area (Å²) < 4.78 is 7.42. The van der Waals surface area contributed by atoms with Gasteiger partial charge in [0, 0.05) is 11.3 Å². The van der Waals surface area contributed by atoms with Gasteiger partial charge in [-0.2, -0.15) is 0 Å². The number of unbranched alkanes of at least 4 members (excludes halogenated alkanes) is 1. The van der Waals surface area contributed by atoms with Crippen molar-refractivity contribution in [3.63, 3.8) is 0 Å². The number of ether oxygens (including phenoxy) is 1. The Balaban J connectivity index is 1.43. The van der Waals surface area contributed by atoms with E-state index in [1.165, 1.54) is 59.7 Å². The fourth-order valence-electron chi connectivity index (χ4n) is 3.94. The molecule has 0 spiro atoms. The van der Waals surface area contributed by atoms with Crippen LogP contribution in [0.15, 0.2) is 23.6 Å². The molecule has 0 bridgehead atoms. The predicted molar refractivity (Wildman–Crippen MR) is 115 cm³/mol. The molecule has 1 unspecified atom stereocenters. The molecule has 0 aliphatic heterocycles. The van der Waals surface area contributed by atoms with E-state index < -0.39 is 6.23 Å². The van der Waals surface area contributed by atoms with Gasteiger partial charge in [-0.05, 0) is 78.8 Å². The van der Waals surface area contributed by atoms with Gasteiger partial charge in [0.05, 0.1) is 6.10 Å². The van der Waals surface area contributed by atoms with Gasteiger partial charge >= 0.3 is 0 Å². The Morgan fingerprint density at radius 3 is 2.78 bits per heavy atom. The molecule has 0 saturated heterocycles. The second-order valence-electron chi connectivity index (χ2n) is 8.19. The van der Waals surface area contributed by atoms with Crippen LogP contribution in [-0.4, -0.2) is 24.0 Å². The van der Waals surface area contributed by atoms with Gasteiger partial charge < -0.3 is 15.6 Å². The molecule has 1 aliphatic carbocycles. The van der Waals surface area contributed by atoms with E-state index >= 15 is 0 Å². The summed E-state index contributed by atoms with van der Waals surface area (Å²) in [6.07, 6.45) is 11.8. The zero-order valence-electron chi connectivity index (χ0n) is 16.7. The lowest BCUT2D eigenvalue weighted by atomic mass is 9.98. The molecule has 3 nitrogen and oxygen atoms in total. The van der Waals surface area contributed by atoms with Crippen LogP contribution in [0.5, 0.6) is 0 Å². The van der Waals surface area contributed by atoms with Crippen LogP contribution in [0.3, 0.4) is 0 Å². The Bertz CT molecular complexity index is 691. The van der Waals surface area contributed by atoms with Crippen molar-refractivity contribution in [2.45, 2.75) is 83.5 Å². The van der Waals surface area contributed by atoms with E-state index in [4.69, 9.17) is 10.5 Å². The number of aliphatic hydroxyl groups excluding tert-OH is 1. The topological polar surface area (TPSA) is 55.5 Å². The highest BCUT2D eigenvalue weighted by Crippen LogP contribution is 2.29. The minimum atomic E-state index is -0.718. The SMILES string of the molecule is C[C@H](CCc1ccc2c(CCCCOC3CCCCC3)csc2c1)C(N)O. The van der Waals surface area contributed by atoms with E-state index in [-0.39, 0.29) is 5.92 Å². The summed E-state index contributed by atoms with van der Waals surface area (Å²) in [5.41, 5.74) is 8.37. The van der Waals surface area contributed by atoms with E-state index in [1.807, 2.05) is 18.3 Å². The molecule has 1 fully saturated rings. The molecular weight excluding hydrogens is 354 g/mol. The third-order valence-electron chi connectivity index (χ3n) is 5.94. The number of aliphatic hydroxyl groups is 1. The second-order valence-corrected chi connectivity index (χ2v) is 9.10. The number of thiophene rings is 1. The standard InChI is InChI=1S/C23H35NO2S/c1-17(23(24)25)10-11-18-12-13-21-19(16-27-22(21)15-18)7-5-6-14-26-20-8-3-2-4-9-20/h12-13,15-17,20,23,25H,2-11,14,24H2,1H3/t17-,23?/m1/s1. The largest absolute Gasteiger partial charge is 0.379 e. The predicted octanol–water partition coefficient (Wildman–Crippen LogP) is 5.42.